The lowest BCUT2D eigenvalue weighted by molar-refractivity contribution is 0.478. The summed E-state index contributed by atoms with van der Waals surface area (Å²) in [6.07, 6.45) is 0. The van der Waals surface area contributed by atoms with Crippen LogP contribution < -0.4 is 5.73 Å². The van der Waals surface area contributed by atoms with Gasteiger partial charge in [0.25, 0.3) is 0 Å². The number of nitrogens with two attached hydrogens (primary N) is 1. The third-order valence-corrected chi connectivity index (χ3v) is 2.82. The molecule has 0 radical (unpaired) electrons. The van der Waals surface area contributed by atoms with E-state index in [1.165, 1.54) is 11.1 Å². The average Bonchev–Trinajstić information content (AvgIpc) is 2.53. The molecule has 0 aliphatic carbocycles. The van der Waals surface area contributed by atoms with Crippen molar-refractivity contribution in [1.29, 1.82) is 0 Å². The second-order valence-electron chi connectivity index (χ2n) is 4.29. The zero-order valence-corrected chi connectivity index (χ0v) is 11.1. The van der Waals surface area contributed by atoms with Crippen LogP contribution in [0, 0.1) is 0 Å². The Morgan fingerprint density at radius 3 is 1.30 bits per heavy atom. The van der Waals surface area contributed by atoms with E-state index in [1.807, 2.05) is 12.1 Å². The van der Waals surface area contributed by atoms with E-state index in [9.17, 15) is 0 Å². The van der Waals surface area contributed by atoms with Crippen molar-refractivity contribution in [2.45, 2.75) is 0 Å². The number of anilines is 1. The van der Waals surface area contributed by atoms with E-state index in [2.05, 4.69) is 48.5 Å². The summed E-state index contributed by atoms with van der Waals surface area (Å²) in [7, 11) is 0. The molecule has 0 heterocycles. The highest BCUT2D eigenvalue weighted by molar-refractivity contribution is 5.62. The van der Waals surface area contributed by atoms with E-state index >= 15 is 0 Å². The predicted molar refractivity (Wildman–Crippen MR) is 84.4 cm³/mol. The summed E-state index contributed by atoms with van der Waals surface area (Å²) in [6.45, 7) is 0. The van der Waals surface area contributed by atoms with Gasteiger partial charge in [-0.3, -0.25) is 0 Å². The molecule has 3 aromatic rings. The van der Waals surface area contributed by atoms with Gasteiger partial charge in [0.05, 0.1) is 5.69 Å². The minimum atomic E-state index is 0.146. The van der Waals surface area contributed by atoms with Crippen LogP contribution >= 0.6 is 0 Å². The van der Waals surface area contributed by atoms with Gasteiger partial charge in [-0.25, -0.2) is 0 Å². The number of nitrogen functional groups attached to an aromatic ring is 1. The van der Waals surface area contributed by atoms with Crippen molar-refractivity contribution in [2.24, 2.45) is 0 Å². The molecule has 0 amide bonds. The first-order valence-corrected chi connectivity index (χ1v) is 6.41. The summed E-state index contributed by atoms with van der Waals surface area (Å²) in [4.78, 5) is 0. The molecule has 3 aromatic carbocycles. The van der Waals surface area contributed by atoms with Crippen LogP contribution in [0.1, 0.15) is 0 Å². The minimum Gasteiger partial charge on any atom is -0.506 e. The smallest absolute Gasteiger partial charge is 0.138 e. The molecule has 3 N–H and O–H groups in total. The SMILES string of the molecule is Nc1ccccc1O.c1ccc(-c2ccccc2)cc1. The molecule has 2 heteroatoms. The van der Waals surface area contributed by atoms with Crippen LogP contribution in [0.3, 0.4) is 0 Å². The number of benzene rings is 3. The second-order valence-corrected chi connectivity index (χ2v) is 4.29. The molecule has 0 unspecified atom stereocenters. The fourth-order valence-electron chi connectivity index (χ4n) is 1.75. The Hall–Kier alpha value is -2.74. The monoisotopic (exact) mass is 263 g/mol. The van der Waals surface area contributed by atoms with E-state index in [-0.39, 0.29) is 5.75 Å². The molecule has 0 saturated carbocycles. The first kappa shape index (κ1) is 13.7. The average molecular weight is 263 g/mol. The van der Waals surface area contributed by atoms with Crippen molar-refractivity contribution in [1.82, 2.24) is 0 Å². The van der Waals surface area contributed by atoms with Crippen molar-refractivity contribution in [3.8, 4) is 16.9 Å². The Morgan fingerprint density at radius 1 is 0.550 bits per heavy atom. The molecule has 20 heavy (non-hydrogen) atoms. The predicted octanol–water partition coefficient (Wildman–Crippen LogP) is 4.33. The van der Waals surface area contributed by atoms with Gasteiger partial charge in [0.15, 0.2) is 0 Å². The Morgan fingerprint density at radius 2 is 0.950 bits per heavy atom. The van der Waals surface area contributed by atoms with Gasteiger partial charge in [-0.1, -0.05) is 72.8 Å². The van der Waals surface area contributed by atoms with E-state index in [0.717, 1.165) is 0 Å². The van der Waals surface area contributed by atoms with Gasteiger partial charge in [-0.15, -0.1) is 0 Å². The largest absolute Gasteiger partial charge is 0.506 e. The number of rotatable bonds is 1. The van der Waals surface area contributed by atoms with Gasteiger partial charge in [0, 0.05) is 0 Å². The topological polar surface area (TPSA) is 46.2 Å². The van der Waals surface area contributed by atoms with Crippen molar-refractivity contribution in [3.05, 3.63) is 84.9 Å². The van der Waals surface area contributed by atoms with E-state index in [4.69, 9.17) is 10.8 Å². The fraction of sp³-hybridized carbons (Fsp3) is 0. The van der Waals surface area contributed by atoms with Gasteiger partial charge in [0.1, 0.15) is 5.75 Å². The quantitative estimate of drug-likeness (QED) is 0.507. The molecule has 0 aliphatic rings. The standard InChI is InChI=1S/C12H10.C6H7NO/c1-3-7-11(8-4-1)12-9-5-2-6-10-12;7-5-3-1-2-4-6(5)8/h1-10H;1-4,8H,7H2. The normalized spacial score (nSPS) is 9.40. The Bertz CT molecular complexity index is 577. The first-order valence-electron chi connectivity index (χ1n) is 6.41. The summed E-state index contributed by atoms with van der Waals surface area (Å²) in [5.74, 6) is 0.146. The van der Waals surface area contributed by atoms with Crippen molar-refractivity contribution < 1.29 is 5.11 Å². The van der Waals surface area contributed by atoms with Crippen molar-refractivity contribution >= 4 is 5.69 Å². The Balaban J connectivity index is 0.000000160. The van der Waals surface area contributed by atoms with Crippen LogP contribution in [0.2, 0.25) is 0 Å². The molecule has 0 aromatic heterocycles. The number of phenols is 1. The van der Waals surface area contributed by atoms with Gasteiger partial charge >= 0.3 is 0 Å². The van der Waals surface area contributed by atoms with E-state index in [0.29, 0.717) is 5.69 Å². The number of hydrogen-bond donors (Lipinski definition) is 2. The lowest BCUT2D eigenvalue weighted by Gasteiger charge is -1.98. The van der Waals surface area contributed by atoms with Crippen molar-refractivity contribution in [3.63, 3.8) is 0 Å². The number of para-hydroxylation sites is 2. The first-order chi connectivity index (χ1) is 9.77. The lowest BCUT2D eigenvalue weighted by atomic mass is 10.1. The third kappa shape index (κ3) is 3.89. The summed E-state index contributed by atoms with van der Waals surface area (Å²) < 4.78 is 0. The highest BCUT2D eigenvalue weighted by atomic mass is 16.3. The zero-order valence-electron chi connectivity index (χ0n) is 11.1. The van der Waals surface area contributed by atoms with E-state index in [1.54, 1.807) is 24.3 Å². The number of hydrogen-bond acceptors (Lipinski definition) is 2. The summed E-state index contributed by atoms with van der Waals surface area (Å²) in [6, 6.07) is 27.5. The number of aromatic hydroxyl groups is 1. The van der Waals surface area contributed by atoms with Crippen LogP contribution in [0.4, 0.5) is 5.69 Å². The Kier molecular flexibility index (Phi) is 4.79. The van der Waals surface area contributed by atoms with Crippen LogP contribution in [0.15, 0.2) is 84.9 Å². The summed E-state index contributed by atoms with van der Waals surface area (Å²) >= 11 is 0. The van der Waals surface area contributed by atoms with Crippen LogP contribution in [-0.2, 0) is 0 Å². The maximum Gasteiger partial charge on any atom is 0.138 e. The van der Waals surface area contributed by atoms with Gasteiger partial charge < -0.3 is 10.8 Å². The molecule has 0 saturated heterocycles. The minimum absolute atomic E-state index is 0.146. The summed E-state index contributed by atoms with van der Waals surface area (Å²) in [5.41, 5.74) is 8.25. The van der Waals surface area contributed by atoms with E-state index < -0.39 is 0 Å². The highest BCUT2D eigenvalue weighted by Crippen LogP contribution is 2.17. The molecule has 0 spiro atoms. The molecule has 100 valence electrons. The molecule has 3 rings (SSSR count). The second kappa shape index (κ2) is 7.00. The molecule has 0 aliphatic heterocycles. The molecule has 0 atom stereocenters. The van der Waals surface area contributed by atoms with Gasteiger partial charge in [0.2, 0.25) is 0 Å². The third-order valence-electron chi connectivity index (χ3n) is 2.82. The maximum atomic E-state index is 8.79. The molecule has 0 fully saturated rings. The van der Waals surface area contributed by atoms with Gasteiger partial charge in [-0.05, 0) is 23.3 Å². The zero-order chi connectivity index (χ0) is 14.2. The van der Waals surface area contributed by atoms with Gasteiger partial charge in [-0.2, -0.15) is 0 Å². The van der Waals surface area contributed by atoms with Crippen LogP contribution in [0.5, 0.6) is 5.75 Å². The van der Waals surface area contributed by atoms with Crippen LogP contribution in [-0.4, -0.2) is 5.11 Å². The fourth-order valence-corrected chi connectivity index (χ4v) is 1.75. The maximum absolute atomic E-state index is 8.79. The summed E-state index contributed by atoms with van der Waals surface area (Å²) in [5, 5.41) is 8.79. The highest BCUT2D eigenvalue weighted by Gasteiger charge is 1.91. The number of phenolic OH excluding ortho intramolecular Hbond substituents is 1. The Labute approximate surface area is 119 Å². The molecule has 2 nitrogen and oxygen atoms in total. The van der Waals surface area contributed by atoms with Crippen LogP contribution in [0.25, 0.3) is 11.1 Å². The molecule has 0 bridgehead atoms. The van der Waals surface area contributed by atoms with Crippen molar-refractivity contribution in [2.75, 3.05) is 5.73 Å². The molecular weight excluding hydrogens is 246 g/mol. The lowest BCUT2D eigenvalue weighted by Crippen LogP contribution is -1.82. The molecular formula is C18H17NO.